The van der Waals surface area contributed by atoms with E-state index in [1.807, 2.05) is 0 Å². The van der Waals surface area contributed by atoms with Crippen molar-refractivity contribution >= 4 is 34.5 Å². The highest BCUT2D eigenvalue weighted by molar-refractivity contribution is 8.18. The van der Waals surface area contributed by atoms with Gasteiger partial charge in [0.15, 0.2) is 0 Å². The monoisotopic (exact) mass is 371 g/mol. The van der Waals surface area contributed by atoms with Crippen molar-refractivity contribution < 1.29 is 24.1 Å². The summed E-state index contributed by atoms with van der Waals surface area (Å²) >= 11 is 1.05. The van der Waals surface area contributed by atoms with E-state index in [0.717, 1.165) is 11.8 Å². The zero-order chi connectivity index (χ0) is 18.7. The molecule has 0 unspecified atom stereocenters. The summed E-state index contributed by atoms with van der Waals surface area (Å²) in [5.41, 5.74) is 0.823. The Balaban J connectivity index is 2.06. The van der Waals surface area contributed by atoms with E-state index in [-0.39, 0.29) is 22.1 Å². The highest BCUT2D eigenvalue weighted by atomic mass is 32.2. The number of esters is 1. The van der Waals surface area contributed by atoms with E-state index in [2.05, 4.69) is 4.99 Å². The molecular formula is C19H14FNO4S. The van der Waals surface area contributed by atoms with Crippen molar-refractivity contribution in [3.8, 4) is 5.75 Å². The summed E-state index contributed by atoms with van der Waals surface area (Å²) in [6.07, 6.45) is 1.55. The molecule has 0 atom stereocenters. The van der Waals surface area contributed by atoms with Crippen molar-refractivity contribution in [1.29, 1.82) is 0 Å². The van der Waals surface area contributed by atoms with Crippen LogP contribution in [-0.2, 0) is 9.53 Å². The number of rotatable bonds is 3. The number of para-hydroxylation sites is 1. The lowest BCUT2D eigenvalue weighted by Gasteiger charge is -2.01. The third kappa shape index (κ3) is 3.62. The van der Waals surface area contributed by atoms with E-state index < -0.39 is 11.8 Å². The second-order valence-corrected chi connectivity index (χ2v) is 6.31. The van der Waals surface area contributed by atoms with Crippen LogP contribution < -0.4 is 0 Å². The first-order chi connectivity index (χ1) is 12.5. The summed E-state index contributed by atoms with van der Waals surface area (Å²) < 4.78 is 17.8. The lowest BCUT2D eigenvalue weighted by Crippen LogP contribution is -2.10. The molecule has 1 heterocycles. The molecule has 0 saturated carbocycles. The molecular weight excluding hydrogens is 357 g/mol. The Kier molecular flexibility index (Phi) is 5.09. The number of carbonyl (C=O) groups excluding carboxylic acids is 1. The van der Waals surface area contributed by atoms with E-state index >= 15 is 0 Å². The zero-order valence-electron chi connectivity index (χ0n) is 13.6. The Bertz CT molecular complexity index is 948. The van der Waals surface area contributed by atoms with Crippen LogP contribution in [0.15, 0.2) is 69.8 Å². The predicted octanol–water partition coefficient (Wildman–Crippen LogP) is 4.33. The van der Waals surface area contributed by atoms with Crippen LogP contribution in [0, 0.1) is 5.82 Å². The minimum atomic E-state index is -0.739. The van der Waals surface area contributed by atoms with Crippen LogP contribution in [0.3, 0.4) is 0 Å². The zero-order valence-corrected chi connectivity index (χ0v) is 14.5. The fraction of sp³-hybridized carbons (Fsp3) is 0.0526. The van der Waals surface area contributed by atoms with Crippen LogP contribution in [0.5, 0.6) is 5.75 Å². The minimum absolute atomic E-state index is 0.0388. The average molecular weight is 371 g/mol. The number of aliphatic imine (C=N–C) groups is 1. The number of halogens is 1. The lowest BCUT2D eigenvalue weighted by molar-refractivity contribution is -0.135. The van der Waals surface area contributed by atoms with Crippen molar-refractivity contribution in [1.82, 2.24) is 0 Å². The number of aliphatic hydroxyl groups excluding tert-OH is 1. The molecule has 0 amide bonds. The number of thioether (sulfide) groups is 1. The normalized spacial score (nSPS) is 17.2. The molecule has 0 bridgehead atoms. The topological polar surface area (TPSA) is 79.1 Å². The van der Waals surface area contributed by atoms with Crippen LogP contribution in [0.2, 0.25) is 0 Å². The Morgan fingerprint density at radius 2 is 1.85 bits per heavy atom. The van der Waals surface area contributed by atoms with E-state index in [9.17, 15) is 19.4 Å². The highest BCUT2D eigenvalue weighted by Gasteiger charge is 2.33. The number of aliphatic hydroxyl groups is 1. The van der Waals surface area contributed by atoms with Crippen molar-refractivity contribution in [2.45, 2.75) is 0 Å². The molecule has 132 valence electrons. The molecule has 0 spiro atoms. The molecule has 0 fully saturated rings. The molecule has 2 aromatic rings. The Hall–Kier alpha value is -3.06. The molecule has 2 aromatic carbocycles. The Morgan fingerprint density at radius 3 is 2.50 bits per heavy atom. The van der Waals surface area contributed by atoms with E-state index in [0.29, 0.717) is 16.2 Å². The van der Waals surface area contributed by atoms with Gasteiger partial charge >= 0.3 is 5.97 Å². The number of phenols is 1. The van der Waals surface area contributed by atoms with Gasteiger partial charge in [-0.2, -0.15) is 0 Å². The third-order valence-corrected chi connectivity index (χ3v) is 4.58. The largest absolute Gasteiger partial charge is 0.507 e. The fourth-order valence-corrected chi connectivity index (χ4v) is 3.30. The van der Waals surface area contributed by atoms with Gasteiger partial charge in [0.05, 0.1) is 17.7 Å². The molecule has 1 aliphatic rings. The van der Waals surface area contributed by atoms with Crippen LogP contribution in [0.1, 0.15) is 5.56 Å². The van der Waals surface area contributed by atoms with Gasteiger partial charge in [-0.05, 0) is 36.4 Å². The molecule has 0 aromatic heterocycles. The molecule has 0 radical (unpaired) electrons. The molecule has 2 N–H and O–H groups in total. The number of aromatic hydroxyl groups is 1. The van der Waals surface area contributed by atoms with Gasteiger partial charge in [0.25, 0.3) is 0 Å². The Morgan fingerprint density at radius 1 is 1.15 bits per heavy atom. The molecule has 3 rings (SSSR count). The molecule has 26 heavy (non-hydrogen) atoms. The molecule has 1 aliphatic heterocycles. The van der Waals surface area contributed by atoms with E-state index in [1.165, 1.54) is 37.4 Å². The van der Waals surface area contributed by atoms with Gasteiger partial charge in [-0.15, -0.1) is 0 Å². The van der Waals surface area contributed by atoms with Gasteiger partial charge in [0.2, 0.25) is 0 Å². The predicted molar refractivity (Wildman–Crippen MR) is 98.8 cm³/mol. The number of ether oxygens (including phenoxy) is 1. The standard InChI is InChI=1S/C19H14FNO4S/c1-25-19(24)16-17(23)15(10-11-4-2-3-5-14(11)22)26-18(16)21-13-8-6-12(20)7-9-13/h2-10,22-23H,1H3/b15-10+,21-18?. The minimum Gasteiger partial charge on any atom is -0.507 e. The van der Waals surface area contributed by atoms with Gasteiger partial charge in [-0.3, -0.25) is 0 Å². The lowest BCUT2D eigenvalue weighted by atomic mass is 10.1. The highest BCUT2D eigenvalue weighted by Crippen LogP contribution is 2.40. The number of hydrogen-bond donors (Lipinski definition) is 2. The summed E-state index contributed by atoms with van der Waals surface area (Å²) in [5, 5.41) is 20.6. The van der Waals surface area contributed by atoms with Gasteiger partial charge < -0.3 is 14.9 Å². The molecule has 0 aliphatic carbocycles. The second kappa shape index (κ2) is 7.45. The first-order valence-electron chi connectivity index (χ1n) is 7.53. The first-order valence-corrected chi connectivity index (χ1v) is 8.35. The molecule has 5 nitrogen and oxygen atoms in total. The number of hydrogen-bond acceptors (Lipinski definition) is 6. The summed E-state index contributed by atoms with van der Waals surface area (Å²) in [4.78, 5) is 16.7. The van der Waals surface area contributed by atoms with Crippen LogP contribution in [-0.4, -0.2) is 28.3 Å². The number of nitrogens with zero attached hydrogens (tertiary/aromatic N) is 1. The van der Waals surface area contributed by atoms with Gasteiger partial charge in [0.1, 0.15) is 27.9 Å². The maximum atomic E-state index is 13.1. The quantitative estimate of drug-likeness (QED) is 0.785. The fourth-order valence-electron chi connectivity index (χ4n) is 2.27. The summed E-state index contributed by atoms with van der Waals surface area (Å²) in [6.45, 7) is 0. The van der Waals surface area contributed by atoms with Gasteiger partial charge in [-0.25, -0.2) is 14.2 Å². The second-order valence-electron chi connectivity index (χ2n) is 5.28. The Labute approximate surface area is 153 Å². The van der Waals surface area contributed by atoms with Crippen LogP contribution in [0.25, 0.3) is 6.08 Å². The van der Waals surface area contributed by atoms with E-state index in [4.69, 9.17) is 4.74 Å². The van der Waals surface area contributed by atoms with Gasteiger partial charge in [0, 0.05) is 5.56 Å². The number of benzene rings is 2. The van der Waals surface area contributed by atoms with Crippen molar-refractivity contribution in [3.05, 3.63) is 76.1 Å². The van der Waals surface area contributed by atoms with Crippen molar-refractivity contribution in [2.24, 2.45) is 4.99 Å². The van der Waals surface area contributed by atoms with Crippen LogP contribution >= 0.6 is 11.8 Å². The van der Waals surface area contributed by atoms with Gasteiger partial charge in [-0.1, -0.05) is 30.0 Å². The maximum absolute atomic E-state index is 13.1. The maximum Gasteiger partial charge on any atom is 0.344 e. The smallest absolute Gasteiger partial charge is 0.344 e. The van der Waals surface area contributed by atoms with Crippen molar-refractivity contribution in [3.63, 3.8) is 0 Å². The average Bonchev–Trinajstić information content (AvgIpc) is 2.93. The third-order valence-electron chi connectivity index (χ3n) is 3.56. The van der Waals surface area contributed by atoms with Crippen molar-refractivity contribution in [2.75, 3.05) is 7.11 Å². The first kappa shape index (κ1) is 17.8. The summed E-state index contributed by atoms with van der Waals surface area (Å²) in [5.74, 6) is -1.39. The molecule has 7 heteroatoms. The number of phenolic OH excluding ortho intramolecular Hbond substituents is 1. The summed E-state index contributed by atoms with van der Waals surface area (Å²) in [6, 6.07) is 12.0. The number of carbonyl (C=O) groups is 1. The SMILES string of the molecule is COC(=O)C1=C(O)/C(=C\c2ccccc2O)SC1=Nc1ccc(F)cc1. The van der Waals surface area contributed by atoms with Crippen LogP contribution in [0.4, 0.5) is 10.1 Å². The summed E-state index contributed by atoms with van der Waals surface area (Å²) in [7, 11) is 1.20. The van der Waals surface area contributed by atoms with E-state index in [1.54, 1.807) is 24.3 Å². The molecule has 0 saturated heterocycles. The number of methoxy groups -OCH3 is 1.